The van der Waals surface area contributed by atoms with Crippen LogP contribution in [0.25, 0.3) is 0 Å². The van der Waals surface area contributed by atoms with Crippen LogP contribution in [-0.4, -0.2) is 56.5 Å². The fourth-order valence-electron chi connectivity index (χ4n) is 2.75. The molecule has 1 aliphatic heterocycles. The van der Waals surface area contributed by atoms with E-state index in [-0.39, 0.29) is 11.9 Å². The van der Waals surface area contributed by atoms with Crippen molar-refractivity contribution in [1.82, 2.24) is 4.90 Å². The van der Waals surface area contributed by atoms with Gasteiger partial charge in [-0.1, -0.05) is 0 Å². The second-order valence-electron chi connectivity index (χ2n) is 6.21. The van der Waals surface area contributed by atoms with E-state index in [2.05, 4.69) is 5.32 Å². The number of nitrogens with zero attached hydrogens (tertiary/aromatic N) is 2. The molecule has 0 aromatic heterocycles. The highest BCUT2D eigenvalue weighted by molar-refractivity contribution is 6.39. The number of anilines is 2. The lowest BCUT2D eigenvalue weighted by Gasteiger charge is -2.30. The Morgan fingerprint density at radius 2 is 1.76 bits per heavy atom. The molecule has 0 unspecified atom stereocenters. The summed E-state index contributed by atoms with van der Waals surface area (Å²) >= 11 is 0. The summed E-state index contributed by atoms with van der Waals surface area (Å²) in [7, 11) is 3.86. The fraction of sp³-hybridized carbons (Fsp3) is 0.500. The molecular formula is C18H25N3O4. The molecule has 136 valence electrons. The largest absolute Gasteiger partial charge is 0.466 e. The second-order valence-corrected chi connectivity index (χ2v) is 6.21. The summed E-state index contributed by atoms with van der Waals surface area (Å²) in [6, 6.07) is 7.25. The number of piperidine rings is 1. The molecule has 1 fully saturated rings. The van der Waals surface area contributed by atoms with Gasteiger partial charge in [0.05, 0.1) is 12.5 Å². The molecule has 0 saturated carbocycles. The van der Waals surface area contributed by atoms with E-state index in [1.54, 1.807) is 19.1 Å². The maximum absolute atomic E-state index is 12.3. The zero-order valence-electron chi connectivity index (χ0n) is 14.9. The summed E-state index contributed by atoms with van der Waals surface area (Å²) < 4.78 is 5.00. The molecule has 1 saturated heterocycles. The zero-order chi connectivity index (χ0) is 18.4. The Hall–Kier alpha value is -2.57. The van der Waals surface area contributed by atoms with Crippen molar-refractivity contribution in [2.24, 2.45) is 5.92 Å². The highest BCUT2D eigenvalue weighted by Gasteiger charge is 2.30. The van der Waals surface area contributed by atoms with E-state index < -0.39 is 11.8 Å². The first-order valence-corrected chi connectivity index (χ1v) is 8.46. The molecule has 1 N–H and O–H groups in total. The third kappa shape index (κ3) is 4.95. The monoisotopic (exact) mass is 347 g/mol. The van der Waals surface area contributed by atoms with Gasteiger partial charge in [-0.2, -0.15) is 0 Å². The van der Waals surface area contributed by atoms with Crippen molar-refractivity contribution < 1.29 is 19.1 Å². The van der Waals surface area contributed by atoms with Gasteiger partial charge in [-0.05, 0) is 44.0 Å². The molecule has 1 aromatic carbocycles. The van der Waals surface area contributed by atoms with Gasteiger partial charge in [-0.15, -0.1) is 0 Å². The molecule has 1 heterocycles. The average Bonchev–Trinajstić information content (AvgIpc) is 2.61. The molecule has 7 heteroatoms. The Morgan fingerprint density at radius 1 is 1.16 bits per heavy atom. The van der Waals surface area contributed by atoms with Gasteiger partial charge in [-0.25, -0.2) is 0 Å². The SMILES string of the molecule is CCOC(=O)C1CCN(C(=O)C(=O)Nc2ccc(N(C)C)cc2)CC1. The summed E-state index contributed by atoms with van der Waals surface area (Å²) in [5, 5.41) is 2.62. The predicted octanol–water partition coefficient (Wildman–Crippen LogP) is 1.49. The smallest absolute Gasteiger partial charge is 0.313 e. The first-order valence-electron chi connectivity index (χ1n) is 8.46. The molecule has 2 rings (SSSR count). The summed E-state index contributed by atoms with van der Waals surface area (Å²) in [6.07, 6.45) is 1.05. The Kier molecular flexibility index (Phi) is 6.38. The van der Waals surface area contributed by atoms with Crippen molar-refractivity contribution in [3.05, 3.63) is 24.3 Å². The van der Waals surface area contributed by atoms with Crippen LogP contribution < -0.4 is 10.2 Å². The molecule has 0 aliphatic carbocycles. The molecule has 0 bridgehead atoms. The maximum atomic E-state index is 12.3. The molecule has 2 amide bonds. The number of rotatable bonds is 4. The topological polar surface area (TPSA) is 78.9 Å². The van der Waals surface area contributed by atoms with Gasteiger partial charge in [0.15, 0.2) is 0 Å². The number of likely N-dealkylation sites (tertiary alicyclic amines) is 1. The van der Waals surface area contributed by atoms with Crippen LogP contribution in [0.2, 0.25) is 0 Å². The van der Waals surface area contributed by atoms with E-state index >= 15 is 0 Å². The van der Waals surface area contributed by atoms with Crippen molar-refractivity contribution in [2.45, 2.75) is 19.8 Å². The highest BCUT2D eigenvalue weighted by Crippen LogP contribution is 2.19. The van der Waals surface area contributed by atoms with E-state index in [0.29, 0.717) is 38.2 Å². The number of esters is 1. The minimum atomic E-state index is -0.660. The molecule has 7 nitrogen and oxygen atoms in total. The number of carbonyl (C=O) groups is 3. The third-order valence-corrected chi connectivity index (χ3v) is 4.24. The van der Waals surface area contributed by atoms with Gasteiger partial charge in [0.1, 0.15) is 0 Å². The lowest BCUT2D eigenvalue weighted by Crippen LogP contribution is -2.45. The Morgan fingerprint density at radius 3 is 2.28 bits per heavy atom. The molecular weight excluding hydrogens is 322 g/mol. The van der Waals surface area contributed by atoms with Crippen LogP contribution in [0.5, 0.6) is 0 Å². The number of amides is 2. The van der Waals surface area contributed by atoms with E-state index in [4.69, 9.17) is 4.74 Å². The van der Waals surface area contributed by atoms with Crippen molar-refractivity contribution in [1.29, 1.82) is 0 Å². The normalized spacial score (nSPS) is 14.8. The first kappa shape index (κ1) is 18.8. The summed E-state index contributed by atoms with van der Waals surface area (Å²) in [5.41, 5.74) is 1.58. The number of ether oxygens (including phenoxy) is 1. The average molecular weight is 347 g/mol. The molecule has 0 atom stereocenters. The van der Waals surface area contributed by atoms with Crippen LogP contribution >= 0.6 is 0 Å². The van der Waals surface area contributed by atoms with Gasteiger partial charge in [0, 0.05) is 38.6 Å². The lowest BCUT2D eigenvalue weighted by molar-refractivity contribution is -0.152. The number of hydrogen-bond acceptors (Lipinski definition) is 5. The van der Waals surface area contributed by atoms with Crippen LogP contribution in [0.15, 0.2) is 24.3 Å². The van der Waals surface area contributed by atoms with Gasteiger partial charge in [-0.3, -0.25) is 14.4 Å². The minimum Gasteiger partial charge on any atom is -0.466 e. The number of benzene rings is 1. The molecule has 0 radical (unpaired) electrons. The quantitative estimate of drug-likeness (QED) is 0.659. The standard InChI is InChI=1S/C18H25N3O4/c1-4-25-18(24)13-9-11-21(12-10-13)17(23)16(22)19-14-5-7-15(8-6-14)20(2)3/h5-8,13H,4,9-12H2,1-3H3,(H,19,22). The van der Waals surface area contributed by atoms with Crippen molar-refractivity contribution >= 4 is 29.2 Å². The highest BCUT2D eigenvalue weighted by atomic mass is 16.5. The van der Waals surface area contributed by atoms with Gasteiger partial charge in [0.25, 0.3) is 0 Å². The van der Waals surface area contributed by atoms with E-state index in [1.165, 1.54) is 4.90 Å². The maximum Gasteiger partial charge on any atom is 0.313 e. The molecule has 1 aliphatic rings. The lowest BCUT2D eigenvalue weighted by atomic mass is 9.97. The first-order chi connectivity index (χ1) is 11.9. The summed E-state index contributed by atoms with van der Waals surface area (Å²) in [6.45, 7) is 2.89. The van der Waals surface area contributed by atoms with E-state index in [0.717, 1.165) is 5.69 Å². The number of hydrogen-bond donors (Lipinski definition) is 1. The predicted molar refractivity (Wildman–Crippen MR) is 95.3 cm³/mol. The van der Waals surface area contributed by atoms with Gasteiger partial charge < -0.3 is 19.9 Å². The van der Waals surface area contributed by atoms with Crippen LogP contribution in [0.3, 0.4) is 0 Å². The third-order valence-electron chi connectivity index (χ3n) is 4.24. The number of nitrogens with one attached hydrogen (secondary N) is 1. The minimum absolute atomic E-state index is 0.189. The van der Waals surface area contributed by atoms with E-state index in [1.807, 2.05) is 31.1 Å². The van der Waals surface area contributed by atoms with Crippen LogP contribution in [-0.2, 0) is 19.1 Å². The van der Waals surface area contributed by atoms with Crippen molar-refractivity contribution in [3.63, 3.8) is 0 Å². The van der Waals surface area contributed by atoms with E-state index in [9.17, 15) is 14.4 Å². The Balaban J connectivity index is 1.86. The summed E-state index contributed by atoms with van der Waals surface area (Å²) in [5.74, 6) is -1.64. The second kappa shape index (κ2) is 8.50. The molecule has 1 aromatic rings. The Bertz CT molecular complexity index is 620. The fourth-order valence-corrected chi connectivity index (χ4v) is 2.75. The Labute approximate surface area is 147 Å². The molecule has 25 heavy (non-hydrogen) atoms. The van der Waals surface area contributed by atoms with Crippen LogP contribution in [0.1, 0.15) is 19.8 Å². The summed E-state index contributed by atoms with van der Waals surface area (Å²) in [4.78, 5) is 39.6. The van der Waals surface area contributed by atoms with Crippen LogP contribution in [0.4, 0.5) is 11.4 Å². The van der Waals surface area contributed by atoms with Gasteiger partial charge in [0.2, 0.25) is 0 Å². The van der Waals surface area contributed by atoms with Gasteiger partial charge >= 0.3 is 17.8 Å². The van der Waals surface area contributed by atoms with Crippen molar-refractivity contribution in [3.8, 4) is 0 Å². The zero-order valence-corrected chi connectivity index (χ0v) is 14.9. The molecule has 0 spiro atoms. The van der Waals surface area contributed by atoms with Crippen LogP contribution in [0, 0.1) is 5.92 Å². The van der Waals surface area contributed by atoms with Crippen molar-refractivity contribution in [2.75, 3.05) is 44.0 Å². The number of carbonyl (C=O) groups excluding carboxylic acids is 3.